The molecule has 4 rings (SSSR count). The van der Waals surface area contributed by atoms with E-state index in [1.54, 1.807) is 12.1 Å². The van der Waals surface area contributed by atoms with Crippen molar-refractivity contribution in [1.29, 1.82) is 0 Å². The molecular formula is C30H23K2O4P. The molecule has 174 valence electrons. The van der Waals surface area contributed by atoms with Crippen LogP contribution >= 0.6 is 7.82 Å². The maximum atomic E-state index is 11.5. The van der Waals surface area contributed by atoms with Gasteiger partial charge in [-0.1, -0.05) is 134 Å². The molecule has 4 aromatic rings. The summed E-state index contributed by atoms with van der Waals surface area (Å²) in [4.78, 5) is 23.0. The third kappa shape index (κ3) is 10.8. The van der Waals surface area contributed by atoms with Crippen molar-refractivity contribution in [2.75, 3.05) is 0 Å². The predicted octanol–water partition coefficient (Wildman–Crippen LogP) is 0.413. The minimum absolute atomic E-state index is 0. The monoisotopic (exact) mass is 556 g/mol. The number of benzene rings is 4. The Labute approximate surface area is 303 Å². The fourth-order valence-electron chi connectivity index (χ4n) is 3.57. The van der Waals surface area contributed by atoms with Crippen molar-refractivity contribution < 1.29 is 122 Å². The van der Waals surface area contributed by atoms with E-state index in [2.05, 4.69) is 0 Å². The molecule has 0 saturated carbocycles. The Hall–Kier alpha value is -0.677. The van der Waals surface area contributed by atoms with Crippen molar-refractivity contribution in [2.45, 2.75) is 0 Å². The standard InChI is InChI=1S/C30H25O4P.2K/c31-35(32,33)34-30-23-20-27(19-16-24-10-4-1-5-11-24)28(21-17-25-12-6-2-7-13-25)29(30)22-18-26-14-8-3-9-15-26;;/h1-23H,(H2,31,32,33);;/q;2*+1/p-2. The summed E-state index contributed by atoms with van der Waals surface area (Å²) in [6.45, 7) is 0. The van der Waals surface area contributed by atoms with Gasteiger partial charge in [-0.25, -0.2) is 0 Å². The van der Waals surface area contributed by atoms with Crippen molar-refractivity contribution in [3.8, 4) is 5.75 Å². The van der Waals surface area contributed by atoms with Gasteiger partial charge in [0, 0.05) is 5.56 Å². The summed E-state index contributed by atoms with van der Waals surface area (Å²) in [5, 5.41) is 0. The van der Waals surface area contributed by atoms with Crippen LogP contribution < -0.4 is 117 Å². The van der Waals surface area contributed by atoms with Gasteiger partial charge in [-0.2, -0.15) is 0 Å². The summed E-state index contributed by atoms with van der Waals surface area (Å²) in [6.07, 6.45) is 11.4. The zero-order valence-corrected chi connectivity index (χ0v) is 28.0. The smallest absolute Gasteiger partial charge is 0.780 e. The van der Waals surface area contributed by atoms with Crippen molar-refractivity contribution in [1.82, 2.24) is 0 Å². The van der Waals surface area contributed by atoms with Gasteiger partial charge in [0.15, 0.2) is 0 Å². The van der Waals surface area contributed by atoms with E-state index < -0.39 is 7.82 Å². The van der Waals surface area contributed by atoms with Gasteiger partial charge >= 0.3 is 103 Å². The fourth-order valence-corrected chi connectivity index (χ4v) is 3.97. The Balaban J connectivity index is 0.00000241. The van der Waals surface area contributed by atoms with Gasteiger partial charge in [0.05, 0.1) is 0 Å². The first-order valence-electron chi connectivity index (χ1n) is 11.1. The predicted molar refractivity (Wildman–Crippen MR) is 141 cm³/mol. The molecular weight excluding hydrogens is 533 g/mol. The van der Waals surface area contributed by atoms with Crippen LogP contribution in [0.3, 0.4) is 0 Å². The number of phosphoric ester groups is 1. The average molecular weight is 557 g/mol. The first-order chi connectivity index (χ1) is 17.0. The maximum absolute atomic E-state index is 11.5. The Kier molecular flexibility index (Phi) is 14.4. The molecule has 0 aromatic heterocycles. The zero-order chi connectivity index (χ0) is 24.5. The van der Waals surface area contributed by atoms with Gasteiger partial charge in [-0.3, -0.25) is 0 Å². The largest absolute Gasteiger partial charge is 1.00 e. The van der Waals surface area contributed by atoms with E-state index in [0.717, 1.165) is 27.8 Å². The molecule has 0 aliphatic rings. The van der Waals surface area contributed by atoms with E-state index in [4.69, 9.17) is 4.52 Å². The quantitative estimate of drug-likeness (QED) is 0.179. The first kappa shape index (κ1) is 32.5. The third-order valence-corrected chi connectivity index (χ3v) is 5.65. The van der Waals surface area contributed by atoms with E-state index in [9.17, 15) is 14.4 Å². The van der Waals surface area contributed by atoms with Gasteiger partial charge in [0.1, 0.15) is 13.6 Å². The molecule has 4 nitrogen and oxygen atoms in total. The van der Waals surface area contributed by atoms with Gasteiger partial charge in [-0.15, -0.1) is 0 Å². The molecule has 0 N–H and O–H groups in total. The number of rotatable bonds is 8. The van der Waals surface area contributed by atoms with Crippen LogP contribution in [0.4, 0.5) is 0 Å². The molecule has 0 saturated heterocycles. The third-order valence-electron chi connectivity index (χ3n) is 5.23. The molecule has 37 heavy (non-hydrogen) atoms. The van der Waals surface area contributed by atoms with Crippen LogP contribution in [0.1, 0.15) is 33.4 Å². The van der Waals surface area contributed by atoms with Crippen molar-refractivity contribution in [3.05, 3.63) is 137 Å². The summed E-state index contributed by atoms with van der Waals surface area (Å²) >= 11 is 0. The maximum Gasteiger partial charge on any atom is 1.00 e. The van der Waals surface area contributed by atoms with Gasteiger partial charge in [-0.05, 0) is 33.9 Å². The van der Waals surface area contributed by atoms with E-state index in [0.29, 0.717) is 5.56 Å². The molecule has 0 spiro atoms. The second-order valence-electron chi connectivity index (χ2n) is 7.75. The van der Waals surface area contributed by atoms with Crippen molar-refractivity contribution >= 4 is 44.3 Å². The number of hydrogen-bond donors (Lipinski definition) is 0. The van der Waals surface area contributed by atoms with Crippen molar-refractivity contribution in [3.63, 3.8) is 0 Å². The van der Waals surface area contributed by atoms with Crippen molar-refractivity contribution in [2.24, 2.45) is 0 Å². The van der Waals surface area contributed by atoms with Crippen LogP contribution in [0.5, 0.6) is 5.75 Å². The van der Waals surface area contributed by atoms with Crippen LogP contribution in [0.15, 0.2) is 103 Å². The van der Waals surface area contributed by atoms with Crippen LogP contribution in [-0.4, -0.2) is 0 Å². The van der Waals surface area contributed by atoms with Gasteiger partial charge in [0.2, 0.25) is 0 Å². The molecule has 0 fully saturated rings. The molecule has 0 radical (unpaired) electrons. The molecule has 0 heterocycles. The summed E-state index contributed by atoms with van der Waals surface area (Å²) in [7, 11) is -5.26. The van der Waals surface area contributed by atoms with E-state index in [-0.39, 0.29) is 109 Å². The van der Waals surface area contributed by atoms with Gasteiger partial charge in [0.25, 0.3) is 0 Å². The van der Waals surface area contributed by atoms with Crippen LogP contribution in [0.25, 0.3) is 36.5 Å². The molecule has 4 aromatic carbocycles. The van der Waals surface area contributed by atoms with E-state index in [1.165, 1.54) is 6.07 Å². The summed E-state index contributed by atoms with van der Waals surface area (Å²) < 4.78 is 16.4. The Bertz CT molecular complexity index is 1400. The average Bonchev–Trinajstić information content (AvgIpc) is 2.87. The molecule has 0 unspecified atom stereocenters. The minimum atomic E-state index is -5.26. The van der Waals surface area contributed by atoms with Crippen LogP contribution in [0, 0.1) is 0 Å². The molecule has 0 aliphatic carbocycles. The summed E-state index contributed by atoms with van der Waals surface area (Å²) in [5.74, 6) is -0.0184. The zero-order valence-electron chi connectivity index (χ0n) is 20.9. The second-order valence-corrected chi connectivity index (χ2v) is 8.83. The minimum Gasteiger partial charge on any atom is -0.780 e. The summed E-state index contributed by atoms with van der Waals surface area (Å²) in [6, 6.07) is 32.5. The summed E-state index contributed by atoms with van der Waals surface area (Å²) in [5.41, 5.74) is 4.98. The van der Waals surface area contributed by atoms with Gasteiger partial charge < -0.3 is 18.9 Å². The molecule has 0 atom stereocenters. The molecule has 0 bridgehead atoms. The fraction of sp³-hybridized carbons (Fsp3) is 0. The Morgan fingerprint density at radius 1 is 0.514 bits per heavy atom. The Morgan fingerprint density at radius 3 is 1.35 bits per heavy atom. The van der Waals surface area contributed by atoms with Crippen LogP contribution in [0.2, 0.25) is 0 Å². The first-order valence-corrected chi connectivity index (χ1v) is 12.5. The normalized spacial score (nSPS) is 11.4. The van der Waals surface area contributed by atoms with E-state index >= 15 is 0 Å². The molecule has 0 aliphatic heterocycles. The Morgan fingerprint density at radius 2 is 0.919 bits per heavy atom. The topological polar surface area (TPSA) is 72.4 Å². The van der Waals surface area contributed by atoms with E-state index in [1.807, 2.05) is 121 Å². The van der Waals surface area contributed by atoms with Crippen LogP contribution in [-0.2, 0) is 4.57 Å². The molecule has 0 amide bonds. The molecule has 7 heteroatoms. The number of phosphoric acid groups is 1. The number of hydrogen-bond acceptors (Lipinski definition) is 4. The SMILES string of the molecule is O=P([O-])([O-])Oc1ccc(C=Cc2ccccc2)c(C=Cc2ccccc2)c1C=Cc1ccccc1.[K+].[K+]. The second kappa shape index (κ2) is 16.4.